The quantitative estimate of drug-likeness (QED) is 0.821. The zero-order valence-corrected chi connectivity index (χ0v) is 11.4. The highest BCUT2D eigenvalue weighted by Crippen LogP contribution is 2.28. The maximum Gasteiger partial charge on any atom is 0.120 e. The number of hydrogen-bond donors (Lipinski definition) is 1. The molecular formula is C13H18BrNO2. The van der Waals surface area contributed by atoms with E-state index in [1.165, 1.54) is 0 Å². The van der Waals surface area contributed by atoms with E-state index in [9.17, 15) is 0 Å². The van der Waals surface area contributed by atoms with Gasteiger partial charge in [0.05, 0.1) is 12.7 Å². The molecule has 0 aromatic heterocycles. The van der Waals surface area contributed by atoms with Gasteiger partial charge in [-0.2, -0.15) is 0 Å². The second-order valence-corrected chi connectivity index (χ2v) is 5.29. The highest BCUT2D eigenvalue weighted by atomic mass is 79.9. The monoisotopic (exact) mass is 299 g/mol. The Bertz CT molecular complexity index is 353. The van der Waals surface area contributed by atoms with Gasteiger partial charge in [0.15, 0.2) is 0 Å². The van der Waals surface area contributed by atoms with Crippen molar-refractivity contribution in [3.63, 3.8) is 0 Å². The van der Waals surface area contributed by atoms with Gasteiger partial charge in [0.25, 0.3) is 0 Å². The predicted molar refractivity (Wildman–Crippen MR) is 71.2 cm³/mol. The minimum atomic E-state index is 0.398. The zero-order valence-electron chi connectivity index (χ0n) is 9.77. The molecule has 0 bridgehead atoms. The summed E-state index contributed by atoms with van der Waals surface area (Å²) in [6.45, 7) is 2.03. The van der Waals surface area contributed by atoms with Crippen LogP contribution in [0.15, 0.2) is 28.7 Å². The lowest BCUT2D eigenvalue weighted by molar-refractivity contribution is -0.0373. The average Bonchev–Trinajstić information content (AvgIpc) is 2.26. The lowest BCUT2D eigenvalue weighted by atomic mass is 9.82. The molecule has 1 saturated carbocycles. The van der Waals surface area contributed by atoms with Crippen LogP contribution in [0.3, 0.4) is 0 Å². The SMILES string of the molecule is NCC1CC(OCCOc2cccc(Br)c2)C1. The Hall–Kier alpha value is -0.580. The van der Waals surface area contributed by atoms with E-state index in [1.807, 2.05) is 24.3 Å². The van der Waals surface area contributed by atoms with Crippen LogP contribution in [0.4, 0.5) is 0 Å². The van der Waals surface area contributed by atoms with Crippen molar-refractivity contribution in [1.29, 1.82) is 0 Å². The third-order valence-corrected chi connectivity index (χ3v) is 3.52. The first-order chi connectivity index (χ1) is 8.28. The van der Waals surface area contributed by atoms with Crippen LogP contribution in [-0.4, -0.2) is 25.9 Å². The zero-order chi connectivity index (χ0) is 12.1. The van der Waals surface area contributed by atoms with Crippen molar-refractivity contribution < 1.29 is 9.47 Å². The number of hydrogen-bond acceptors (Lipinski definition) is 3. The second kappa shape index (κ2) is 6.38. The first-order valence-electron chi connectivity index (χ1n) is 5.98. The van der Waals surface area contributed by atoms with Crippen LogP contribution in [0.5, 0.6) is 5.75 Å². The van der Waals surface area contributed by atoms with E-state index in [0.29, 0.717) is 25.2 Å². The molecule has 1 aromatic carbocycles. The van der Waals surface area contributed by atoms with E-state index in [-0.39, 0.29) is 0 Å². The average molecular weight is 300 g/mol. The molecule has 3 nitrogen and oxygen atoms in total. The molecule has 0 atom stereocenters. The molecule has 0 unspecified atom stereocenters. The molecule has 94 valence electrons. The summed E-state index contributed by atoms with van der Waals surface area (Å²) in [5, 5.41) is 0. The molecule has 4 heteroatoms. The fraction of sp³-hybridized carbons (Fsp3) is 0.538. The number of halogens is 1. The summed E-state index contributed by atoms with van der Waals surface area (Å²) >= 11 is 3.41. The molecule has 1 aliphatic rings. The molecule has 0 saturated heterocycles. The van der Waals surface area contributed by atoms with E-state index >= 15 is 0 Å². The van der Waals surface area contributed by atoms with Gasteiger partial charge in [-0.15, -0.1) is 0 Å². The van der Waals surface area contributed by atoms with Crippen molar-refractivity contribution in [3.8, 4) is 5.75 Å². The van der Waals surface area contributed by atoms with E-state index in [0.717, 1.165) is 29.6 Å². The molecule has 2 rings (SSSR count). The summed E-state index contributed by atoms with van der Waals surface area (Å²) in [6.07, 6.45) is 2.61. The van der Waals surface area contributed by atoms with Gasteiger partial charge in [0, 0.05) is 4.47 Å². The normalized spacial score (nSPS) is 23.2. The smallest absolute Gasteiger partial charge is 0.120 e. The maximum absolute atomic E-state index is 5.67. The lowest BCUT2D eigenvalue weighted by Crippen LogP contribution is -2.36. The number of rotatable bonds is 6. The van der Waals surface area contributed by atoms with Crippen LogP contribution in [0, 0.1) is 5.92 Å². The summed E-state index contributed by atoms with van der Waals surface area (Å²) in [5.41, 5.74) is 5.56. The van der Waals surface area contributed by atoms with E-state index in [4.69, 9.17) is 15.2 Å². The van der Waals surface area contributed by atoms with E-state index in [1.54, 1.807) is 0 Å². The van der Waals surface area contributed by atoms with Crippen molar-refractivity contribution in [2.45, 2.75) is 18.9 Å². The summed E-state index contributed by atoms with van der Waals surface area (Å²) < 4.78 is 12.3. The van der Waals surface area contributed by atoms with Gasteiger partial charge in [-0.3, -0.25) is 0 Å². The molecule has 1 fully saturated rings. The molecule has 1 aliphatic carbocycles. The topological polar surface area (TPSA) is 44.5 Å². The van der Waals surface area contributed by atoms with E-state index in [2.05, 4.69) is 15.9 Å². The van der Waals surface area contributed by atoms with Gasteiger partial charge < -0.3 is 15.2 Å². The molecule has 0 amide bonds. The molecule has 0 radical (unpaired) electrons. The van der Waals surface area contributed by atoms with Crippen LogP contribution in [-0.2, 0) is 4.74 Å². The highest BCUT2D eigenvalue weighted by molar-refractivity contribution is 9.10. The summed E-state index contributed by atoms with van der Waals surface area (Å²) in [4.78, 5) is 0. The fourth-order valence-electron chi connectivity index (χ4n) is 1.93. The standard InChI is InChI=1S/C13H18BrNO2/c14-11-2-1-3-12(8-11)16-4-5-17-13-6-10(7-13)9-15/h1-3,8,10,13H,4-7,9,15H2. The Morgan fingerprint density at radius 3 is 2.82 bits per heavy atom. The van der Waals surface area contributed by atoms with Crippen LogP contribution in [0.2, 0.25) is 0 Å². The Morgan fingerprint density at radius 1 is 1.29 bits per heavy atom. The van der Waals surface area contributed by atoms with Crippen LogP contribution >= 0.6 is 15.9 Å². The Balaban J connectivity index is 1.58. The Kier molecular flexibility index (Phi) is 4.83. The maximum atomic E-state index is 5.67. The van der Waals surface area contributed by atoms with Crippen LogP contribution in [0.1, 0.15) is 12.8 Å². The minimum absolute atomic E-state index is 0.398. The van der Waals surface area contributed by atoms with E-state index < -0.39 is 0 Å². The minimum Gasteiger partial charge on any atom is -0.491 e. The van der Waals surface area contributed by atoms with Crippen molar-refractivity contribution in [3.05, 3.63) is 28.7 Å². The first-order valence-corrected chi connectivity index (χ1v) is 6.77. The molecule has 0 heterocycles. The van der Waals surface area contributed by atoms with Gasteiger partial charge in [-0.05, 0) is 43.5 Å². The summed E-state index contributed by atoms with van der Waals surface area (Å²) in [5.74, 6) is 1.54. The largest absolute Gasteiger partial charge is 0.491 e. The molecule has 17 heavy (non-hydrogen) atoms. The molecule has 2 N–H and O–H groups in total. The molecular weight excluding hydrogens is 282 g/mol. The third kappa shape index (κ3) is 3.98. The second-order valence-electron chi connectivity index (χ2n) is 4.37. The van der Waals surface area contributed by atoms with Crippen LogP contribution < -0.4 is 10.5 Å². The lowest BCUT2D eigenvalue weighted by Gasteiger charge is -2.34. The Morgan fingerprint density at radius 2 is 2.12 bits per heavy atom. The van der Waals surface area contributed by atoms with Crippen molar-refractivity contribution in [1.82, 2.24) is 0 Å². The fourth-order valence-corrected chi connectivity index (χ4v) is 2.31. The molecule has 0 aliphatic heterocycles. The van der Waals surface area contributed by atoms with Gasteiger partial charge in [-0.1, -0.05) is 22.0 Å². The van der Waals surface area contributed by atoms with Gasteiger partial charge in [0.2, 0.25) is 0 Å². The van der Waals surface area contributed by atoms with Gasteiger partial charge >= 0.3 is 0 Å². The van der Waals surface area contributed by atoms with Crippen LogP contribution in [0.25, 0.3) is 0 Å². The van der Waals surface area contributed by atoms with Gasteiger partial charge in [0.1, 0.15) is 12.4 Å². The summed E-state index contributed by atoms with van der Waals surface area (Å²) in [6, 6.07) is 7.83. The molecule has 0 spiro atoms. The first kappa shape index (κ1) is 12.9. The number of nitrogens with two attached hydrogens (primary N) is 1. The highest BCUT2D eigenvalue weighted by Gasteiger charge is 2.28. The summed E-state index contributed by atoms with van der Waals surface area (Å²) in [7, 11) is 0. The number of benzene rings is 1. The van der Waals surface area contributed by atoms with Crippen molar-refractivity contribution >= 4 is 15.9 Å². The van der Waals surface area contributed by atoms with Gasteiger partial charge in [-0.25, -0.2) is 0 Å². The Labute approximate surface area is 110 Å². The third-order valence-electron chi connectivity index (χ3n) is 3.03. The molecule has 1 aromatic rings. The van der Waals surface area contributed by atoms with Crippen molar-refractivity contribution in [2.24, 2.45) is 11.7 Å². The number of ether oxygens (including phenoxy) is 2. The predicted octanol–water partition coefficient (Wildman–Crippen LogP) is 2.58. The van der Waals surface area contributed by atoms with Crippen molar-refractivity contribution in [2.75, 3.05) is 19.8 Å².